The number of methoxy groups -OCH3 is 1. The summed E-state index contributed by atoms with van der Waals surface area (Å²) < 4.78 is 9.68. The zero-order valence-corrected chi connectivity index (χ0v) is 9.26. The summed E-state index contributed by atoms with van der Waals surface area (Å²) in [6.45, 7) is 1.97. The standard InChI is InChI=1S/C11H10O3S/c1-7-9(8-3-4-14-6-8)5-10(15-7)11(12)13-2/h3-6H,1-2H3. The molecular formula is C11H10O3S. The molecule has 0 amide bonds. The summed E-state index contributed by atoms with van der Waals surface area (Å²) in [6, 6.07) is 3.70. The molecule has 4 heteroatoms. The van der Waals surface area contributed by atoms with Crippen molar-refractivity contribution < 1.29 is 13.9 Å². The second kappa shape index (κ2) is 3.90. The van der Waals surface area contributed by atoms with Crippen molar-refractivity contribution in [2.45, 2.75) is 6.92 Å². The minimum Gasteiger partial charge on any atom is -0.472 e. The molecule has 0 aliphatic rings. The molecular weight excluding hydrogens is 212 g/mol. The maximum absolute atomic E-state index is 11.3. The molecule has 0 radical (unpaired) electrons. The molecule has 15 heavy (non-hydrogen) atoms. The summed E-state index contributed by atoms with van der Waals surface area (Å²) >= 11 is 1.43. The van der Waals surface area contributed by atoms with Gasteiger partial charge < -0.3 is 9.15 Å². The van der Waals surface area contributed by atoms with E-state index in [1.54, 1.807) is 12.5 Å². The molecule has 0 aliphatic carbocycles. The minimum atomic E-state index is -0.294. The third-order valence-corrected chi connectivity index (χ3v) is 3.17. The largest absolute Gasteiger partial charge is 0.472 e. The fourth-order valence-electron chi connectivity index (χ4n) is 1.39. The number of hydrogen-bond donors (Lipinski definition) is 0. The van der Waals surface area contributed by atoms with E-state index in [9.17, 15) is 4.79 Å². The van der Waals surface area contributed by atoms with Crippen LogP contribution in [0.1, 0.15) is 14.5 Å². The number of carbonyl (C=O) groups excluding carboxylic acids is 1. The van der Waals surface area contributed by atoms with Crippen LogP contribution in [0.15, 0.2) is 29.1 Å². The van der Waals surface area contributed by atoms with Crippen molar-refractivity contribution in [3.05, 3.63) is 34.4 Å². The zero-order chi connectivity index (χ0) is 10.8. The Bertz CT molecular complexity index is 468. The average molecular weight is 222 g/mol. The number of furan rings is 1. The first-order valence-corrected chi connectivity index (χ1v) is 5.25. The Morgan fingerprint density at radius 2 is 2.33 bits per heavy atom. The van der Waals surface area contributed by atoms with Gasteiger partial charge in [-0.2, -0.15) is 0 Å². The summed E-state index contributed by atoms with van der Waals surface area (Å²) in [5, 5.41) is 0. The second-order valence-corrected chi connectivity index (χ2v) is 4.34. The van der Waals surface area contributed by atoms with Crippen LogP contribution in [0.2, 0.25) is 0 Å². The van der Waals surface area contributed by atoms with E-state index < -0.39 is 0 Å². The predicted octanol–water partition coefficient (Wildman–Crippen LogP) is 3.10. The average Bonchev–Trinajstić information content (AvgIpc) is 2.84. The molecule has 3 nitrogen and oxygen atoms in total. The highest BCUT2D eigenvalue weighted by molar-refractivity contribution is 7.14. The highest BCUT2D eigenvalue weighted by Crippen LogP contribution is 2.31. The number of thiophene rings is 1. The zero-order valence-electron chi connectivity index (χ0n) is 8.44. The van der Waals surface area contributed by atoms with Crippen LogP contribution >= 0.6 is 11.3 Å². The first kappa shape index (κ1) is 9.98. The van der Waals surface area contributed by atoms with Gasteiger partial charge in [-0.25, -0.2) is 4.79 Å². The number of esters is 1. The van der Waals surface area contributed by atoms with Gasteiger partial charge in [-0.05, 0) is 24.6 Å². The Morgan fingerprint density at radius 3 is 2.93 bits per heavy atom. The summed E-state index contributed by atoms with van der Waals surface area (Å²) in [5.74, 6) is -0.294. The molecule has 2 heterocycles. The van der Waals surface area contributed by atoms with E-state index in [2.05, 4.69) is 4.74 Å². The van der Waals surface area contributed by atoms with Gasteiger partial charge in [0.1, 0.15) is 4.88 Å². The van der Waals surface area contributed by atoms with Gasteiger partial charge in [0.15, 0.2) is 0 Å². The van der Waals surface area contributed by atoms with Crippen molar-refractivity contribution in [1.29, 1.82) is 0 Å². The van der Waals surface area contributed by atoms with Gasteiger partial charge in [0, 0.05) is 10.4 Å². The van der Waals surface area contributed by atoms with Crippen LogP contribution < -0.4 is 0 Å². The third kappa shape index (κ3) is 1.80. The topological polar surface area (TPSA) is 39.4 Å². The van der Waals surface area contributed by atoms with Crippen LogP contribution in [0.5, 0.6) is 0 Å². The van der Waals surface area contributed by atoms with Crippen LogP contribution in [0.3, 0.4) is 0 Å². The van der Waals surface area contributed by atoms with E-state index in [1.165, 1.54) is 18.4 Å². The van der Waals surface area contributed by atoms with Gasteiger partial charge in [-0.15, -0.1) is 11.3 Å². The lowest BCUT2D eigenvalue weighted by molar-refractivity contribution is 0.0606. The molecule has 0 spiro atoms. The van der Waals surface area contributed by atoms with Gasteiger partial charge in [0.05, 0.1) is 19.6 Å². The molecule has 2 rings (SSSR count). The number of aryl methyl sites for hydroxylation is 1. The lowest BCUT2D eigenvalue weighted by atomic mass is 10.1. The molecule has 0 bridgehead atoms. The number of carbonyl (C=O) groups is 1. The SMILES string of the molecule is COC(=O)c1cc(-c2ccoc2)c(C)s1. The summed E-state index contributed by atoms with van der Waals surface area (Å²) in [5.41, 5.74) is 2.01. The van der Waals surface area contributed by atoms with Gasteiger partial charge in [-0.1, -0.05) is 0 Å². The van der Waals surface area contributed by atoms with Crippen molar-refractivity contribution in [3.8, 4) is 11.1 Å². The van der Waals surface area contributed by atoms with Crippen molar-refractivity contribution in [2.75, 3.05) is 7.11 Å². The Balaban J connectivity index is 2.42. The first-order chi connectivity index (χ1) is 7.22. The van der Waals surface area contributed by atoms with E-state index in [4.69, 9.17) is 4.42 Å². The normalized spacial score (nSPS) is 10.3. The fraction of sp³-hybridized carbons (Fsp3) is 0.182. The maximum atomic E-state index is 11.3. The maximum Gasteiger partial charge on any atom is 0.348 e. The first-order valence-electron chi connectivity index (χ1n) is 4.43. The van der Waals surface area contributed by atoms with Gasteiger partial charge in [-0.3, -0.25) is 0 Å². The van der Waals surface area contributed by atoms with E-state index in [-0.39, 0.29) is 5.97 Å². The lowest BCUT2D eigenvalue weighted by Crippen LogP contribution is -1.96. The molecule has 0 atom stereocenters. The molecule has 0 N–H and O–H groups in total. The quantitative estimate of drug-likeness (QED) is 0.733. The summed E-state index contributed by atoms with van der Waals surface area (Å²) in [4.78, 5) is 13.0. The van der Waals surface area contributed by atoms with Gasteiger partial charge >= 0.3 is 5.97 Å². The lowest BCUT2D eigenvalue weighted by Gasteiger charge is -1.92. The Kier molecular flexibility index (Phi) is 2.60. The highest BCUT2D eigenvalue weighted by Gasteiger charge is 2.14. The van der Waals surface area contributed by atoms with Crippen LogP contribution in [-0.2, 0) is 4.74 Å². The number of hydrogen-bond acceptors (Lipinski definition) is 4. The second-order valence-electron chi connectivity index (χ2n) is 3.08. The Labute approximate surface area is 91.3 Å². The monoisotopic (exact) mass is 222 g/mol. The molecule has 0 unspecified atom stereocenters. The highest BCUT2D eigenvalue weighted by atomic mass is 32.1. The smallest absolute Gasteiger partial charge is 0.348 e. The van der Waals surface area contributed by atoms with Crippen molar-refractivity contribution in [3.63, 3.8) is 0 Å². The van der Waals surface area contributed by atoms with Crippen LogP contribution in [0.25, 0.3) is 11.1 Å². The molecule has 0 saturated heterocycles. The molecule has 0 saturated carbocycles. The van der Waals surface area contributed by atoms with Gasteiger partial charge in [0.2, 0.25) is 0 Å². The Morgan fingerprint density at radius 1 is 1.53 bits per heavy atom. The third-order valence-electron chi connectivity index (χ3n) is 2.14. The number of ether oxygens (including phenoxy) is 1. The van der Waals surface area contributed by atoms with Crippen LogP contribution in [-0.4, -0.2) is 13.1 Å². The van der Waals surface area contributed by atoms with Gasteiger partial charge in [0.25, 0.3) is 0 Å². The fourth-order valence-corrected chi connectivity index (χ4v) is 2.35. The predicted molar refractivity (Wildman–Crippen MR) is 58.1 cm³/mol. The summed E-state index contributed by atoms with van der Waals surface area (Å²) in [7, 11) is 1.38. The number of rotatable bonds is 2. The van der Waals surface area contributed by atoms with Crippen molar-refractivity contribution in [1.82, 2.24) is 0 Å². The molecule has 2 aromatic heterocycles. The van der Waals surface area contributed by atoms with Crippen LogP contribution in [0.4, 0.5) is 0 Å². The van der Waals surface area contributed by atoms with Crippen LogP contribution in [0, 0.1) is 6.92 Å². The Hall–Kier alpha value is -1.55. The van der Waals surface area contributed by atoms with E-state index >= 15 is 0 Å². The molecule has 0 aliphatic heterocycles. The molecule has 0 aromatic carbocycles. The minimum absolute atomic E-state index is 0.294. The molecule has 2 aromatic rings. The van der Waals surface area contributed by atoms with Crippen molar-refractivity contribution in [2.24, 2.45) is 0 Å². The van der Waals surface area contributed by atoms with E-state index in [0.717, 1.165) is 16.0 Å². The molecule has 0 fully saturated rings. The van der Waals surface area contributed by atoms with E-state index in [0.29, 0.717) is 4.88 Å². The molecule has 78 valence electrons. The summed E-state index contributed by atoms with van der Waals surface area (Å²) in [6.07, 6.45) is 3.28. The van der Waals surface area contributed by atoms with Crippen molar-refractivity contribution >= 4 is 17.3 Å². The van der Waals surface area contributed by atoms with E-state index in [1.807, 2.05) is 19.1 Å².